The normalized spacial score (nSPS) is 28.1. The molecule has 1 aromatic carbocycles. The Balaban J connectivity index is 1.39. The molecular weight excluding hydrogens is 459 g/mol. The largest absolute Gasteiger partial charge is 0.444 e. The maximum Gasteiger partial charge on any atom is 0.416 e. The Morgan fingerprint density at radius 3 is 2.34 bits per heavy atom. The van der Waals surface area contributed by atoms with Gasteiger partial charge in [0.2, 0.25) is 0 Å². The Kier molecular flexibility index (Phi) is 6.92. The molecule has 1 amide bonds. The van der Waals surface area contributed by atoms with Gasteiger partial charge in [0.05, 0.1) is 17.7 Å². The van der Waals surface area contributed by atoms with Gasteiger partial charge in [0.25, 0.3) is 0 Å². The maximum atomic E-state index is 13.2. The number of aliphatic hydroxyl groups excluding tert-OH is 1. The number of aliphatic hydroxyl groups is 1. The quantitative estimate of drug-likeness (QED) is 0.654. The third kappa shape index (κ3) is 5.47. The number of carbonyl (C=O) groups excluding carboxylic acids is 1. The number of hydrogen-bond acceptors (Lipinski definition) is 5. The molecule has 3 atom stereocenters. The number of benzene rings is 1. The smallest absolute Gasteiger partial charge is 0.416 e. The van der Waals surface area contributed by atoms with Gasteiger partial charge in [-0.3, -0.25) is 9.80 Å². The molecule has 0 spiro atoms. The van der Waals surface area contributed by atoms with E-state index in [1.807, 2.05) is 20.8 Å². The van der Waals surface area contributed by atoms with Crippen LogP contribution >= 0.6 is 0 Å². The summed E-state index contributed by atoms with van der Waals surface area (Å²) in [6.45, 7) is 13.6. The second-order valence-corrected chi connectivity index (χ2v) is 11.6. The summed E-state index contributed by atoms with van der Waals surface area (Å²) in [5, 5.41) is 10.8. The fraction of sp³-hybridized carbons (Fsp3) is 0.731. The zero-order valence-corrected chi connectivity index (χ0v) is 21.4. The first-order valence-electron chi connectivity index (χ1n) is 12.5. The zero-order valence-electron chi connectivity index (χ0n) is 21.4. The highest BCUT2D eigenvalue weighted by Crippen LogP contribution is 2.42. The van der Waals surface area contributed by atoms with Gasteiger partial charge < -0.3 is 14.7 Å². The van der Waals surface area contributed by atoms with Gasteiger partial charge >= 0.3 is 12.3 Å². The summed E-state index contributed by atoms with van der Waals surface area (Å²) in [4.78, 5) is 19.0. The summed E-state index contributed by atoms with van der Waals surface area (Å²) in [5.41, 5.74) is 0.192. The van der Waals surface area contributed by atoms with Crippen molar-refractivity contribution in [3.05, 3.63) is 34.9 Å². The molecule has 6 nitrogen and oxygen atoms in total. The Morgan fingerprint density at radius 2 is 1.77 bits per heavy atom. The predicted molar refractivity (Wildman–Crippen MR) is 127 cm³/mol. The van der Waals surface area contributed by atoms with Crippen molar-refractivity contribution in [2.24, 2.45) is 0 Å². The van der Waals surface area contributed by atoms with Crippen LogP contribution in [-0.2, 0) is 17.3 Å². The van der Waals surface area contributed by atoms with Gasteiger partial charge in [-0.25, -0.2) is 4.79 Å². The number of fused-ring (bicyclic) bond motifs is 1. The van der Waals surface area contributed by atoms with Crippen LogP contribution in [0, 0.1) is 0 Å². The minimum Gasteiger partial charge on any atom is -0.444 e. The number of amides is 1. The van der Waals surface area contributed by atoms with Crippen LogP contribution in [0.4, 0.5) is 18.0 Å². The standard InChI is InChI=1S/C26H38F3N3O3/c1-17-16-31(25(5)8-10-30(11-9-25)23(34)35-24(2,3)4)12-13-32(17)22-20-7-6-19(26(27,28)29)14-18(20)15-21(22)33/h6-7,14,17,21-22,33H,8-13,15-16H2,1-5H3/t17-,21?,22?/m0/s1. The molecule has 1 aromatic rings. The predicted octanol–water partition coefficient (Wildman–Crippen LogP) is 4.46. The lowest BCUT2D eigenvalue weighted by molar-refractivity contribution is -0.137. The Morgan fingerprint density at radius 1 is 1.11 bits per heavy atom. The van der Waals surface area contributed by atoms with Gasteiger partial charge in [-0.2, -0.15) is 13.2 Å². The molecule has 3 aliphatic rings. The Bertz CT molecular complexity index is 938. The lowest BCUT2D eigenvalue weighted by atomic mass is 9.86. The van der Waals surface area contributed by atoms with Gasteiger partial charge in [0, 0.05) is 50.7 Å². The Labute approximate surface area is 206 Å². The molecule has 1 aliphatic carbocycles. The first-order chi connectivity index (χ1) is 16.2. The first kappa shape index (κ1) is 26.2. The number of piperazine rings is 1. The van der Waals surface area contributed by atoms with Gasteiger partial charge in [-0.1, -0.05) is 6.07 Å². The van der Waals surface area contributed by atoms with Gasteiger partial charge in [-0.15, -0.1) is 0 Å². The topological polar surface area (TPSA) is 56.2 Å². The molecule has 0 aromatic heterocycles. The summed E-state index contributed by atoms with van der Waals surface area (Å²) in [6.07, 6.45) is -3.40. The molecule has 2 fully saturated rings. The highest BCUT2D eigenvalue weighted by molar-refractivity contribution is 5.68. The number of piperidine rings is 1. The average Bonchev–Trinajstić information content (AvgIpc) is 3.07. The monoisotopic (exact) mass is 497 g/mol. The minimum absolute atomic E-state index is 0.0350. The van der Waals surface area contributed by atoms with E-state index < -0.39 is 23.4 Å². The van der Waals surface area contributed by atoms with Gasteiger partial charge in [0.15, 0.2) is 0 Å². The van der Waals surface area contributed by atoms with Crippen molar-refractivity contribution in [3.8, 4) is 0 Å². The van der Waals surface area contributed by atoms with E-state index in [1.54, 1.807) is 11.0 Å². The molecule has 196 valence electrons. The molecule has 0 saturated carbocycles. The van der Waals surface area contributed by atoms with Crippen molar-refractivity contribution in [3.63, 3.8) is 0 Å². The number of nitrogens with zero attached hydrogens (tertiary/aromatic N) is 3. The highest BCUT2D eigenvalue weighted by Gasteiger charge is 2.45. The number of hydrogen-bond donors (Lipinski definition) is 1. The fourth-order valence-corrected chi connectivity index (χ4v) is 5.88. The van der Waals surface area contributed by atoms with E-state index in [9.17, 15) is 23.1 Å². The van der Waals surface area contributed by atoms with Crippen LogP contribution in [0.5, 0.6) is 0 Å². The summed E-state index contributed by atoms with van der Waals surface area (Å²) in [5.74, 6) is 0. The maximum absolute atomic E-state index is 13.2. The minimum atomic E-state index is -4.38. The van der Waals surface area contributed by atoms with Gasteiger partial charge in [-0.05, 0) is 70.7 Å². The molecule has 0 radical (unpaired) electrons. The molecule has 4 rings (SSSR count). The van der Waals surface area contributed by atoms with Crippen LogP contribution in [0.1, 0.15) is 70.2 Å². The first-order valence-corrected chi connectivity index (χ1v) is 12.5. The molecular formula is C26H38F3N3O3. The summed E-state index contributed by atoms with van der Waals surface area (Å²) in [6, 6.07) is 3.72. The lowest BCUT2D eigenvalue weighted by Gasteiger charge is -2.52. The van der Waals surface area contributed by atoms with Gasteiger partial charge in [0.1, 0.15) is 5.60 Å². The number of rotatable bonds is 2. The number of ether oxygens (including phenoxy) is 1. The van der Waals surface area contributed by atoms with E-state index in [-0.39, 0.29) is 30.1 Å². The van der Waals surface area contributed by atoms with E-state index in [4.69, 9.17) is 4.74 Å². The van der Waals surface area contributed by atoms with E-state index in [1.165, 1.54) is 6.07 Å². The molecule has 2 aliphatic heterocycles. The van der Waals surface area contributed by atoms with E-state index >= 15 is 0 Å². The van der Waals surface area contributed by atoms with Crippen molar-refractivity contribution in [1.29, 1.82) is 0 Å². The average molecular weight is 498 g/mol. The van der Waals surface area contributed by atoms with Crippen LogP contribution in [0.3, 0.4) is 0 Å². The third-order valence-electron chi connectivity index (χ3n) is 7.87. The molecule has 9 heteroatoms. The van der Waals surface area contributed by atoms with Crippen LogP contribution < -0.4 is 0 Å². The summed E-state index contributed by atoms with van der Waals surface area (Å²) in [7, 11) is 0. The summed E-state index contributed by atoms with van der Waals surface area (Å²) < 4.78 is 45.0. The number of carbonyl (C=O) groups is 1. The number of likely N-dealkylation sites (tertiary alicyclic amines) is 1. The summed E-state index contributed by atoms with van der Waals surface area (Å²) >= 11 is 0. The van der Waals surface area contributed by atoms with Crippen molar-refractivity contribution < 1.29 is 27.8 Å². The number of halogens is 3. The van der Waals surface area contributed by atoms with Crippen LogP contribution in [0.25, 0.3) is 0 Å². The fourth-order valence-electron chi connectivity index (χ4n) is 5.88. The lowest BCUT2D eigenvalue weighted by Crippen LogP contribution is -2.62. The molecule has 2 heterocycles. The van der Waals surface area contributed by atoms with Crippen molar-refractivity contribution in [1.82, 2.24) is 14.7 Å². The molecule has 0 bridgehead atoms. The third-order valence-corrected chi connectivity index (χ3v) is 7.87. The van der Waals surface area contributed by atoms with E-state index in [0.717, 1.165) is 44.1 Å². The second-order valence-electron chi connectivity index (χ2n) is 11.6. The molecule has 2 saturated heterocycles. The second kappa shape index (κ2) is 9.23. The SMILES string of the molecule is C[C@H]1CN(C2(C)CCN(C(=O)OC(C)(C)C)CC2)CCN1C1c2ccc(C(F)(F)F)cc2CC1O. The van der Waals surface area contributed by atoms with E-state index in [0.29, 0.717) is 18.7 Å². The van der Waals surface area contributed by atoms with Crippen molar-refractivity contribution >= 4 is 6.09 Å². The molecule has 1 N–H and O–H groups in total. The zero-order chi connectivity index (χ0) is 25.8. The Hall–Kier alpha value is -1.84. The van der Waals surface area contributed by atoms with Crippen LogP contribution in [-0.4, -0.2) is 81.9 Å². The number of alkyl halides is 3. The van der Waals surface area contributed by atoms with Crippen molar-refractivity contribution in [2.45, 2.75) is 89.4 Å². The van der Waals surface area contributed by atoms with Crippen LogP contribution in [0.15, 0.2) is 18.2 Å². The molecule has 2 unspecified atom stereocenters. The van der Waals surface area contributed by atoms with E-state index in [2.05, 4.69) is 23.6 Å². The highest BCUT2D eigenvalue weighted by atomic mass is 19.4. The molecule has 35 heavy (non-hydrogen) atoms. The van der Waals surface area contributed by atoms with Crippen molar-refractivity contribution in [2.75, 3.05) is 32.7 Å². The van der Waals surface area contributed by atoms with Crippen LogP contribution in [0.2, 0.25) is 0 Å².